The predicted molar refractivity (Wildman–Crippen MR) is 130 cm³/mol. The Labute approximate surface area is 200 Å². The summed E-state index contributed by atoms with van der Waals surface area (Å²) in [5.41, 5.74) is 6.05. The number of fused-ring (bicyclic) bond motifs is 1. The Morgan fingerprint density at radius 3 is 2.53 bits per heavy atom. The van der Waals surface area contributed by atoms with E-state index in [0.29, 0.717) is 30.5 Å². The van der Waals surface area contributed by atoms with Gasteiger partial charge in [-0.2, -0.15) is 8.42 Å². The van der Waals surface area contributed by atoms with Crippen molar-refractivity contribution < 1.29 is 26.3 Å². The number of nitrogens with zero attached hydrogens (tertiary/aromatic N) is 3. The van der Waals surface area contributed by atoms with Crippen LogP contribution >= 0.6 is 0 Å². The number of esters is 1. The highest BCUT2D eigenvalue weighted by Gasteiger charge is 2.29. The first kappa shape index (κ1) is 25.5. The van der Waals surface area contributed by atoms with Gasteiger partial charge in [-0.25, -0.2) is 14.0 Å². The van der Waals surface area contributed by atoms with E-state index in [-0.39, 0.29) is 22.0 Å². The monoisotopic (exact) mass is 506 g/mol. The van der Waals surface area contributed by atoms with E-state index in [9.17, 15) is 17.4 Å². The minimum absolute atomic E-state index is 0.0643. The number of methoxy groups -OCH3 is 1. The number of pyridine rings is 2. The van der Waals surface area contributed by atoms with Crippen LogP contribution in [-0.4, -0.2) is 55.0 Å². The van der Waals surface area contributed by atoms with Crippen LogP contribution < -0.4 is 14.2 Å². The average molecular weight is 507 g/mol. The lowest BCUT2D eigenvalue weighted by Crippen LogP contribution is -2.25. The van der Waals surface area contributed by atoms with Gasteiger partial charge in [0.05, 0.1) is 7.11 Å². The van der Waals surface area contributed by atoms with Crippen LogP contribution in [0, 0.1) is 6.92 Å². The van der Waals surface area contributed by atoms with Crippen LogP contribution in [0.15, 0.2) is 47.5 Å². The standard InChI is InChI=1S/C22H26N4O6S2/c1-15-8-10-16(11-9-15)34(29,30)32-20-18-17(7-6-13-24-18)21(25-19(20)22(27)31-3)26(2)33(28)14-5-4-12-23/h6-11,13H,4-5,12,14,23H2,1-3H3. The second-order valence-electron chi connectivity index (χ2n) is 7.37. The molecule has 3 aromatic rings. The maximum absolute atomic E-state index is 13.0. The third-order valence-electron chi connectivity index (χ3n) is 4.95. The fourth-order valence-electron chi connectivity index (χ4n) is 3.12. The average Bonchev–Trinajstić information content (AvgIpc) is 2.83. The number of carbonyl (C=O) groups excluding carboxylic acids is 1. The molecule has 1 atom stereocenters. The van der Waals surface area contributed by atoms with Crippen LogP contribution in [-0.2, 0) is 25.8 Å². The first-order chi connectivity index (χ1) is 16.2. The minimum Gasteiger partial charge on any atom is -0.464 e. The summed E-state index contributed by atoms with van der Waals surface area (Å²) in [4.78, 5) is 21.1. The molecule has 0 radical (unpaired) electrons. The summed E-state index contributed by atoms with van der Waals surface area (Å²) in [6.07, 6.45) is 2.78. The summed E-state index contributed by atoms with van der Waals surface area (Å²) in [5, 5.41) is 0.360. The van der Waals surface area contributed by atoms with Crippen LogP contribution in [0.3, 0.4) is 0 Å². The number of aromatic nitrogens is 2. The molecular formula is C22H26N4O6S2. The lowest BCUT2D eigenvalue weighted by Gasteiger charge is -2.21. The van der Waals surface area contributed by atoms with E-state index in [1.165, 1.54) is 22.6 Å². The number of nitrogens with two attached hydrogens (primary N) is 1. The zero-order chi connectivity index (χ0) is 24.9. The summed E-state index contributed by atoms with van der Waals surface area (Å²) in [6.45, 7) is 2.31. The SMILES string of the molecule is COC(=O)c1nc(N(C)S(=O)CCCCN)c2cccnc2c1OS(=O)(=O)c1ccc(C)cc1. The Morgan fingerprint density at radius 2 is 1.88 bits per heavy atom. The van der Waals surface area contributed by atoms with E-state index in [4.69, 9.17) is 14.7 Å². The Bertz CT molecular complexity index is 1310. The second kappa shape index (κ2) is 10.9. The molecule has 2 heterocycles. The van der Waals surface area contributed by atoms with Gasteiger partial charge in [-0.15, -0.1) is 0 Å². The van der Waals surface area contributed by atoms with Crippen molar-refractivity contribution in [1.82, 2.24) is 9.97 Å². The summed E-state index contributed by atoms with van der Waals surface area (Å²) in [6, 6.07) is 9.31. The van der Waals surface area contributed by atoms with E-state index in [0.717, 1.165) is 12.7 Å². The topological polar surface area (TPSA) is 142 Å². The lowest BCUT2D eigenvalue weighted by atomic mass is 10.2. The zero-order valence-corrected chi connectivity index (χ0v) is 20.7. The molecule has 0 saturated carbocycles. The predicted octanol–water partition coefficient (Wildman–Crippen LogP) is 2.33. The minimum atomic E-state index is -4.32. The Morgan fingerprint density at radius 1 is 1.18 bits per heavy atom. The molecule has 1 unspecified atom stereocenters. The Balaban J connectivity index is 2.15. The summed E-state index contributed by atoms with van der Waals surface area (Å²) < 4.78 is 50.5. The molecule has 0 amide bonds. The molecule has 0 aliphatic heterocycles. The third-order valence-corrected chi connectivity index (χ3v) is 7.61. The van der Waals surface area contributed by atoms with Gasteiger partial charge in [0.2, 0.25) is 5.75 Å². The van der Waals surface area contributed by atoms with Gasteiger partial charge in [0.25, 0.3) is 0 Å². The summed E-state index contributed by atoms with van der Waals surface area (Å²) in [5.74, 6) is -0.779. The molecule has 0 aliphatic carbocycles. The lowest BCUT2D eigenvalue weighted by molar-refractivity contribution is 0.0592. The van der Waals surface area contributed by atoms with Gasteiger partial charge >= 0.3 is 16.1 Å². The number of ether oxygens (including phenoxy) is 1. The van der Waals surface area contributed by atoms with Gasteiger partial charge in [0, 0.05) is 24.4 Å². The maximum Gasteiger partial charge on any atom is 0.360 e. The highest BCUT2D eigenvalue weighted by atomic mass is 32.2. The second-order valence-corrected chi connectivity index (χ2v) is 10.5. The van der Waals surface area contributed by atoms with Crippen molar-refractivity contribution in [2.75, 3.05) is 30.8 Å². The highest BCUT2D eigenvalue weighted by Crippen LogP contribution is 2.35. The number of rotatable bonds is 10. The van der Waals surface area contributed by atoms with Crippen molar-refractivity contribution >= 4 is 43.8 Å². The van der Waals surface area contributed by atoms with E-state index >= 15 is 0 Å². The largest absolute Gasteiger partial charge is 0.464 e. The number of unbranched alkanes of at least 4 members (excludes halogenated alkanes) is 1. The first-order valence-corrected chi connectivity index (χ1v) is 13.1. The smallest absolute Gasteiger partial charge is 0.360 e. The van der Waals surface area contributed by atoms with Crippen molar-refractivity contribution in [2.45, 2.75) is 24.7 Å². The molecule has 2 N–H and O–H groups in total. The van der Waals surface area contributed by atoms with E-state index in [1.807, 2.05) is 6.92 Å². The van der Waals surface area contributed by atoms with E-state index in [2.05, 4.69) is 9.97 Å². The number of anilines is 1. The number of hydrogen-bond donors (Lipinski definition) is 1. The molecule has 182 valence electrons. The van der Waals surface area contributed by atoms with Crippen molar-refractivity contribution in [3.63, 3.8) is 0 Å². The number of aryl methyl sites for hydroxylation is 1. The molecule has 34 heavy (non-hydrogen) atoms. The van der Waals surface area contributed by atoms with Crippen LogP contribution in [0.1, 0.15) is 28.9 Å². The van der Waals surface area contributed by atoms with Gasteiger partial charge in [0.15, 0.2) is 11.5 Å². The maximum atomic E-state index is 13.0. The third kappa shape index (κ3) is 5.51. The van der Waals surface area contributed by atoms with Crippen LogP contribution in [0.5, 0.6) is 5.75 Å². The van der Waals surface area contributed by atoms with Crippen molar-refractivity contribution in [1.29, 1.82) is 0 Å². The van der Waals surface area contributed by atoms with Crippen molar-refractivity contribution in [2.24, 2.45) is 5.73 Å². The molecule has 3 rings (SSSR count). The molecular weight excluding hydrogens is 480 g/mol. The molecule has 0 aliphatic rings. The normalized spacial score (nSPS) is 12.4. The fraction of sp³-hybridized carbons (Fsp3) is 0.318. The van der Waals surface area contributed by atoms with Gasteiger partial charge in [-0.3, -0.25) is 9.29 Å². The molecule has 0 saturated heterocycles. The highest BCUT2D eigenvalue weighted by molar-refractivity contribution is 7.87. The van der Waals surface area contributed by atoms with Gasteiger partial charge in [-0.1, -0.05) is 17.7 Å². The van der Waals surface area contributed by atoms with E-state index < -0.39 is 32.8 Å². The molecule has 0 spiro atoms. The number of benzene rings is 1. The van der Waals surface area contributed by atoms with Crippen LogP contribution in [0.2, 0.25) is 0 Å². The Hall–Kier alpha value is -3.09. The molecule has 0 fully saturated rings. The molecule has 0 bridgehead atoms. The first-order valence-electron chi connectivity index (χ1n) is 10.4. The van der Waals surface area contributed by atoms with Gasteiger partial charge < -0.3 is 14.7 Å². The molecule has 10 nitrogen and oxygen atoms in total. The van der Waals surface area contributed by atoms with Crippen molar-refractivity contribution in [3.8, 4) is 5.75 Å². The fourth-order valence-corrected chi connectivity index (χ4v) is 5.12. The molecule has 1 aromatic carbocycles. The van der Waals surface area contributed by atoms with Crippen LogP contribution in [0.4, 0.5) is 5.82 Å². The quantitative estimate of drug-likeness (QED) is 0.249. The van der Waals surface area contributed by atoms with Crippen molar-refractivity contribution in [3.05, 3.63) is 53.9 Å². The molecule has 2 aromatic heterocycles. The zero-order valence-electron chi connectivity index (χ0n) is 19.1. The number of carbonyl (C=O) groups is 1. The van der Waals surface area contributed by atoms with Gasteiger partial charge in [-0.05, 0) is 50.6 Å². The Kier molecular flexibility index (Phi) is 8.18. The summed E-state index contributed by atoms with van der Waals surface area (Å²) in [7, 11) is -3.10. The van der Waals surface area contributed by atoms with Crippen LogP contribution in [0.25, 0.3) is 10.9 Å². The number of hydrogen-bond acceptors (Lipinski definition) is 9. The molecule has 12 heteroatoms. The van der Waals surface area contributed by atoms with Gasteiger partial charge in [0.1, 0.15) is 21.4 Å². The van der Waals surface area contributed by atoms with E-state index in [1.54, 1.807) is 31.3 Å². The summed E-state index contributed by atoms with van der Waals surface area (Å²) >= 11 is 0.